The maximum Gasteiger partial charge on any atom is 0.0108 e. The molecule has 1 nitrogen and oxygen atoms in total. The molecule has 1 aromatic carbocycles. The SMILES string of the molecule is CCC1CCC(C(N)Cc2ccc3c(c2)CCC3)CC1. The average molecular weight is 271 g/mol. The quantitative estimate of drug-likeness (QED) is 0.870. The van der Waals surface area contributed by atoms with E-state index >= 15 is 0 Å². The first kappa shape index (κ1) is 14.1. The van der Waals surface area contributed by atoms with E-state index in [0.29, 0.717) is 6.04 Å². The summed E-state index contributed by atoms with van der Waals surface area (Å²) in [5.74, 6) is 1.73. The maximum absolute atomic E-state index is 6.51. The number of rotatable bonds is 4. The molecule has 0 saturated heterocycles. The van der Waals surface area contributed by atoms with Gasteiger partial charge in [0, 0.05) is 6.04 Å². The van der Waals surface area contributed by atoms with E-state index in [2.05, 4.69) is 25.1 Å². The van der Waals surface area contributed by atoms with Gasteiger partial charge in [-0.25, -0.2) is 0 Å². The van der Waals surface area contributed by atoms with Crippen LogP contribution in [0.5, 0.6) is 0 Å². The van der Waals surface area contributed by atoms with Gasteiger partial charge in [-0.2, -0.15) is 0 Å². The second-order valence-corrected chi connectivity index (χ2v) is 7.01. The smallest absolute Gasteiger partial charge is 0.0108 e. The highest BCUT2D eigenvalue weighted by molar-refractivity contribution is 5.35. The molecular formula is C19H29N. The molecule has 2 N–H and O–H groups in total. The predicted molar refractivity (Wildman–Crippen MR) is 85.9 cm³/mol. The van der Waals surface area contributed by atoms with Crippen LogP contribution in [0, 0.1) is 11.8 Å². The number of benzene rings is 1. The lowest BCUT2D eigenvalue weighted by molar-refractivity contribution is 0.238. The Morgan fingerprint density at radius 2 is 1.85 bits per heavy atom. The van der Waals surface area contributed by atoms with Gasteiger partial charge in [0.2, 0.25) is 0 Å². The fraction of sp³-hybridized carbons (Fsp3) is 0.684. The van der Waals surface area contributed by atoms with Gasteiger partial charge in [-0.15, -0.1) is 0 Å². The molecule has 3 rings (SSSR count). The van der Waals surface area contributed by atoms with Crippen LogP contribution in [0.3, 0.4) is 0 Å². The molecule has 2 aliphatic rings. The molecule has 0 aromatic heterocycles. The topological polar surface area (TPSA) is 26.0 Å². The summed E-state index contributed by atoms with van der Waals surface area (Å²) in [5, 5.41) is 0. The fourth-order valence-corrected chi connectivity index (χ4v) is 4.22. The zero-order valence-electron chi connectivity index (χ0n) is 12.9. The molecule has 0 aliphatic heterocycles. The van der Waals surface area contributed by atoms with Crippen molar-refractivity contribution >= 4 is 0 Å². The van der Waals surface area contributed by atoms with Gasteiger partial charge in [-0.1, -0.05) is 44.4 Å². The molecule has 2 aliphatic carbocycles. The molecule has 0 amide bonds. The molecule has 1 heteroatoms. The Morgan fingerprint density at radius 1 is 1.10 bits per heavy atom. The Labute approximate surface area is 124 Å². The number of aryl methyl sites for hydroxylation is 2. The second kappa shape index (κ2) is 6.30. The molecule has 0 heterocycles. The standard InChI is InChI=1S/C19H29N/c1-2-14-6-10-17(11-7-14)19(20)13-15-8-9-16-4-3-5-18(16)12-15/h8-9,12,14,17,19H,2-7,10-11,13,20H2,1H3. The molecule has 1 aromatic rings. The van der Waals surface area contributed by atoms with Gasteiger partial charge < -0.3 is 5.73 Å². The summed E-state index contributed by atoms with van der Waals surface area (Å²) in [4.78, 5) is 0. The van der Waals surface area contributed by atoms with E-state index < -0.39 is 0 Å². The summed E-state index contributed by atoms with van der Waals surface area (Å²) in [7, 11) is 0. The second-order valence-electron chi connectivity index (χ2n) is 7.01. The van der Waals surface area contributed by atoms with Crippen molar-refractivity contribution in [2.45, 2.75) is 70.8 Å². The highest BCUT2D eigenvalue weighted by Crippen LogP contribution is 2.33. The first-order valence-electron chi connectivity index (χ1n) is 8.62. The van der Waals surface area contributed by atoms with Gasteiger partial charge in [0.15, 0.2) is 0 Å². The molecule has 20 heavy (non-hydrogen) atoms. The number of hydrogen-bond acceptors (Lipinski definition) is 1. The van der Waals surface area contributed by atoms with Crippen LogP contribution in [0.25, 0.3) is 0 Å². The Morgan fingerprint density at radius 3 is 2.60 bits per heavy atom. The Hall–Kier alpha value is -0.820. The van der Waals surface area contributed by atoms with E-state index in [0.717, 1.165) is 18.3 Å². The van der Waals surface area contributed by atoms with Crippen molar-refractivity contribution in [2.24, 2.45) is 17.6 Å². The molecule has 0 radical (unpaired) electrons. The number of fused-ring (bicyclic) bond motifs is 1. The van der Waals surface area contributed by atoms with E-state index in [1.54, 1.807) is 11.1 Å². The fourth-order valence-electron chi connectivity index (χ4n) is 4.22. The lowest BCUT2D eigenvalue weighted by atomic mass is 9.76. The zero-order valence-corrected chi connectivity index (χ0v) is 12.9. The number of nitrogens with two attached hydrogens (primary N) is 1. The van der Waals surface area contributed by atoms with Gasteiger partial charge in [0.1, 0.15) is 0 Å². The van der Waals surface area contributed by atoms with Crippen molar-refractivity contribution in [3.8, 4) is 0 Å². The molecule has 1 saturated carbocycles. The van der Waals surface area contributed by atoms with Gasteiger partial charge in [0.25, 0.3) is 0 Å². The summed E-state index contributed by atoms with van der Waals surface area (Å²) >= 11 is 0. The molecule has 0 bridgehead atoms. The molecule has 1 fully saturated rings. The first-order valence-corrected chi connectivity index (χ1v) is 8.62. The van der Waals surface area contributed by atoms with Crippen LogP contribution in [0.4, 0.5) is 0 Å². The van der Waals surface area contributed by atoms with Gasteiger partial charge in [0.05, 0.1) is 0 Å². The predicted octanol–water partition coefficient (Wildman–Crippen LogP) is 4.26. The van der Waals surface area contributed by atoms with Gasteiger partial charge >= 0.3 is 0 Å². The van der Waals surface area contributed by atoms with Crippen molar-refractivity contribution in [3.05, 3.63) is 34.9 Å². The van der Waals surface area contributed by atoms with E-state index in [-0.39, 0.29) is 0 Å². The average Bonchev–Trinajstić information content (AvgIpc) is 2.95. The van der Waals surface area contributed by atoms with Crippen LogP contribution in [0.1, 0.15) is 62.1 Å². The van der Waals surface area contributed by atoms with Crippen molar-refractivity contribution in [1.29, 1.82) is 0 Å². The van der Waals surface area contributed by atoms with Crippen LogP contribution >= 0.6 is 0 Å². The lowest BCUT2D eigenvalue weighted by Crippen LogP contribution is -2.34. The summed E-state index contributed by atoms with van der Waals surface area (Å²) in [5.41, 5.74) is 11.1. The van der Waals surface area contributed by atoms with E-state index in [1.807, 2.05) is 0 Å². The first-order chi connectivity index (χ1) is 9.76. The van der Waals surface area contributed by atoms with Crippen LogP contribution in [0.15, 0.2) is 18.2 Å². The van der Waals surface area contributed by atoms with E-state index in [4.69, 9.17) is 5.73 Å². The Kier molecular flexibility index (Phi) is 4.45. The minimum absolute atomic E-state index is 0.368. The third-order valence-corrected chi connectivity index (χ3v) is 5.71. The van der Waals surface area contributed by atoms with E-state index in [9.17, 15) is 0 Å². The van der Waals surface area contributed by atoms with Gasteiger partial charge in [-0.05, 0) is 67.1 Å². The molecule has 0 spiro atoms. The molecule has 1 atom stereocenters. The molecule has 1 unspecified atom stereocenters. The van der Waals surface area contributed by atoms with E-state index in [1.165, 1.54) is 56.9 Å². The maximum atomic E-state index is 6.51. The molecule has 110 valence electrons. The minimum atomic E-state index is 0.368. The largest absolute Gasteiger partial charge is 0.327 e. The summed E-state index contributed by atoms with van der Waals surface area (Å²) in [6.45, 7) is 2.33. The van der Waals surface area contributed by atoms with Crippen molar-refractivity contribution in [2.75, 3.05) is 0 Å². The third-order valence-electron chi connectivity index (χ3n) is 5.71. The Bertz CT molecular complexity index is 443. The summed E-state index contributed by atoms with van der Waals surface area (Å²) in [6, 6.07) is 7.46. The van der Waals surface area contributed by atoms with Crippen LogP contribution < -0.4 is 5.73 Å². The highest BCUT2D eigenvalue weighted by atomic mass is 14.6. The third kappa shape index (κ3) is 3.09. The normalized spacial score (nSPS) is 27.3. The van der Waals surface area contributed by atoms with Crippen molar-refractivity contribution in [3.63, 3.8) is 0 Å². The molecular weight excluding hydrogens is 242 g/mol. The zero-order chi connectivity index (χ0) is 13.9. The van der Waals surface area contributed by atoms with Crippen molar-refractivity contribution in [1.82, 2.24) is 0 Å². The monoisotopic (exact) mass is 271 g/mol. The summed E-state index contributed by atoms with van der Waals surface area (Å²) in [6.07, 6.45) is 11.8. The van der Waals surface area contributed by atoms with Crippen molar-refractivity contribution < 1.29 is 0 Å². The Balaban J connectivity index is 1.57. The van der Waals surface area contributed by atoms with Crippen LogP contribution in [-0.2, 0) is 19.3 Å². The van der Waals surface area contributed by atoms with Crippen LogP contribution in [0.2, 0.25) is 0 Å². The minimum Gasteiger partial charge on any atom is -0.327 e. The summed E-state index contributed by atoms with van der Waals surface area (Å²) < 4.78 is 0. The van der Waals surface area contributed by atoms with Crippen LogP contribution in [-0.4, -0.2) is 6.04 Å². The highest BCUT2D eigenvalue weighted by Gasteiger charge is 2.25. The van der Waals surface area contributed by atoms with Gasteiger partial charge in [-0.3, -0.25) is 0 Å². The number of hydrogen-bond donors (Lipinski definition) is 1. The lowest BCUT2D eigenvalue weighted by Gasteiger charge is -2.31.